The number of ether oxygens (including phenoxy) is 1. The maximum absolute atomic E-state index is 12.7. The number of piperidine rings is 1. The first-order chi connectivity index (χ1) is 12.8. The highest BCUT2D eigenvalue weighted by Crippen LogP contribution is 2.55. The number of rotatable bonds is 5. The van der Waals surface area contributed by atoms with Crippen molar-refractivity contribution >= 4 is 6.09 Å². The van der Waals surface area contributed by atoms with Crippen molar-refractivity contribution in [3.05, 3.63) is 0 Å². The molecule has 2 heterocycles. The number of alkyl halides is 3. The Morgan fingerprint density at radius 1 is 1.22 bits per heavy atom. The van der Waals surface area contributed by atoms with Gasteiger partial charge in [-0.25, -0.2) is 4.79 Å². The topological polar surface area (TPSA) is 36.0 Å². The lowest BCUT2D eigenvalue weighted by Gasteiger charge is -2.49. The maximum atomic E-state index is 12.7. The van der Waals surface area contributed by atoms with Gasteiger partial charge in [-0.05, 0) is 50.0 Å². The average molecular weight is 389 g/mol. The highest BCUT2D eigenvalue weighted by molar-refractivity contribution is 5.68. The molecule has 154 valence electrons. The first-order valence-corrected chi connectivity index (χ1v) is 10.2. The molecule has 0 aromatic carbocycles. The zero-order valence-electron chi connectivity index (χ0n) is 16.2. The largest absolute Gasteiger partial charge is 0.450 e. The summed E-state index contributed by atoms with van der Waals surface area (Å²) in [5.41, 5.74) is 0.245. The van der Waals surface area contributed by atoms with Crippen LogP contribution in [0.5, 0.6) is 0 Å². The van der Waals surface area contributed by atoms with Gasteiger partial charge >= 0.3 is 12.3 Å². The summed E-state index contributed by atoms with van der Waals surface area (Å²) in [7, 11) is 0. The molecule has 1 spiro atoms. The molecule has 2 aliphatic heterocycles. The molecule has 0 aromatic rings. The standard InChI is InChI=1S/C19H30F3N3O2/c1-3-23(12-19(20,21)22)16-14-9-25(10-15(14)16)13-7-18(8-13)5-6-24(11-18)17(26)27-4-2/h13-16H,3-12H2,1-2H3/t13?,14-,15+,16?,18?. The average Bonchev–Trinajstić information content (AvgIpc) is 2.95. The fourth-order valence-electron chi connectivity index (χ4n) is 5.86. The van der Waals surface area contributed by atoms with Gasteiger partial charge in [0.1, 0.15) is 0 Å². The molecule has 3 atom stereocenters. The molecule has 1 amide bonds. The maximum Gasteiger partial charge on any atom is 0.409 e. The Labute approximate surface area is 158 Å². The Kier molecular flexibility index (Phi) is 4.86. The van der Waals surface area contributed by atoms with E-state index in [4.69, 9.17) is 4.74 Å². The van der Waals surface area contributed by atoms with Crippen LogP contribution >= 0.6 is 0 Å². The van der Waals surface area contributed by atoms with Crippen molar-refractivity contribution < 1.29 is 22.7 Å². The van der Waals surface area contributed by atoms with E-state index in [-0.39, 0.29) is 17.6 Å². The lowest BCUT2D eigenvalue weighted by molar-refractivity contribution is -0.148. The smallest absolute Gasteiger partial charge is 0.409 e. The zero-order chi connectivity index (χ0) is 19.4. The second kappa shape index (κ2) is 6.79. The number of nitrogens with zero attached hydrogens (tertiary/aromatic N) is 3. The van der Waals surface area contributed by atoms with E-state index in [0.717, 1.165) is 45.4 Å². The fourth-order valence-corrected chi connectivity index (χ4v) is 5.86. The minimum absolute atomic E-state index is 0.118. The van der Waals surface area contributed by atoms with E-state index in [1.54, 1.807) is 4.90 Å². The van der Waals surface area contributed by atoms with Crippen molar-refractivity contribution in [2.75, 3.05) is 45.9 Å². The Morgan fingerprint density at radius 2 is 1.89 bits per heavy atom. The number of carbonyl (C=O) groups excluding carboxylic acids is 1. The molecule has 4 aliphatic rings. The summed E-state index contributed by atoms with van der Waals surface area (Å²) in [4.78, 5) is 17.8. The molecule has 2 saturated heterocycles. The van der Waals surface area contributed by atoms with Crippen molar-refractivity contribution in [2.45, 2.75) is 51.4 Å². The van der Waals surface area contributed by atoms with Gasteiger partial charge in [0.05, 0.1) is 13.2 Å². The Hall–Kier alpha value is -1.02. The molecule has 8 heteroatoms. The summed E-state index contributed by atoms with van der Waals surface area (Å²) >= 11 is 0. The molecular formula is C19H30F3N3O2. The van der Waals surface area contributed by atoms with Crippen LogP contribution in [0.2, 0.25) is 0 Å². The van der Waals surface area contributed by atoms with Gasteiger partial charge in [-0.1, -0.05) is 6.92 Å². The molecule has 2 aliphatic carbocycles. The van der Waals surface area contributed by atoms with Crippen molar-refractivity contribution in [1.82, 2.24) is 14.7 Å². The van der Waals surface area contributed by atoms with Gasteiger partial charge in [-0.3, -0.25) is 9.80 Å². The number of fused-ring (bicyclic) bond motifs is 1. The van der Waals surface area contributed by atoms with Crippen LogP contribution < -0.4 is 0 Å². The van der Waals surface area contributed by atoms with Gasteiger partial charge in [-0.15, -0.1) is 0 Å². The highest BCUT2D eigenvalue weighted by Gasteiger charge is 2.61. The van der Waals surface area contributed by atoms with Crippen LogP contribution in [0.4, 0.5) is 18.0 Å². The highest BCUT2D eigenvalue weighted by atomic mass is 19.4. The molecular weight excluding hydrogens is 359 g/mol. The van der Waals surface area contributed by atoms with Crippen LogP contribution in [-0.2, 0) is 4.74 Å². The number of hydrogen-bond acceptors (Lipinski definition) is 4. The van der Waals surface area contributed by atoms with Gasteiger partial charge in [0, 0.05) is 38.3 Å². The van der Waals surface area contributed by atoms with Gasteiger partial charge in [0.25, 0.3) is 0 Å². The normalized spacial score (nSPS) is 38.4. The molecule has 0 aromatic heterocycles. The Morgan fingerprint density at radius 3 is 2.44 bits per heavy atom. The lowest BCUT2D eigenvalue weighted by Crippen LogP contribution is -2.53. The SMILES string of the molecule is CCOC(=O)N1CCC2(CC(N3C[C@@H]4C(N(CC)CC(F)(F)F)[C@@H]4C3)C2)C1. The molecule has 0 bridgehead atoms. The van der Waals surface area contributed by atoms with E-state index in [1.165, 1.54) is 0 Å². The molecule has 4 fully saturated rings. The third-order valence-corrected chi connectivity index (χ3v) is 7.21. The molecule has 0 N–H and O–H groups in total. The summed E-state index contributed by atoms with van der Waals surface area (Å²) in [5, 5.41) is 0. The molecule has 27 heavy (non-hydrogen) atoms. The summed E-state index contributed by atoms with van der Waals surface area (Å²) < 4.78 is 43.3. The number of likely N-dealkylation sites (tertiary alicyclic amines) is 2. The summed E-state index contributed by atoms with van der Waals surface area (Å²) in [5.74, 6) is 0.812. The minimum Gasteiger partial charge on any atom is -0.450 e. The third-order valence-electron chi connectivity index (χ3n) is 7.21. The van der Waals surface area contributed by atoms with Crippen LogP contribution in [0, 0.1) is 17.3 Å². The first-order valence-electron chi connectivity index (χ1n) is 10.2. The van der Waals surface area contributed by atoms with E-state index in [9.17, 15) is 18.0 Å². The monoisotopic (exact) mass is 389 g/mol. The predicted molar refractivity (Wildman–Crippen MR) is 94.3 cm³/mol. The van der Waals surface area contributed by atoms with E-state index < -0.39 is 12.7 Å². The van der Waals surface area contributed by atoms with E-state index in [1.807, 2.05) is 18.7 Å². The summed E-state index contributed by atoms with van der Waals surface area (Å²) in [6.45, 7) is 7.18. The number of hydrogen-bond donors (Lipinski definition) is 0. The Bertz CT molecular complexity index is 567. The molecule has 1 unspecified atom stereocenters. The molecule has 4 rings (SSSR count). The van der Waals surface area contributed by atoms with Gasteiger partial charge in [-0.2, -0.15) is 13.2 Å². The van der Waals surface area contributed by atoms with Crippen molar-refractivity contribution in [3.8, 4) is 0 Å². The van der Waals surface area contributed by atoms with E-state index in [2.05, 4.69) is 4.90 Å². The van der Waals surface area contributed by atoms with Crippen molar-refractivity contribution in [3.63, 3.8) is 0 Å². The van der Waals surface area contributed by atoms with Crippen LogP contribution in [0.3, 0.4) is 0 Å². The fraction of sp³-hybridized carbons (Fsp3) is 0.947. The van der Waals surface area contributed by atoms with Crippen LogP contribution in [0.1, 0.15) is 33.1 Å². The van der Waals surface area contributed by atoms with Crippen molar-refractivity contribution in [2.24, 2.45) is 17.3 Å². The third kappa shape index (κ3) is 3.67. The first kappa shape index (κ1) is 19.3. The van der Waals surface area contributed by atoms with Gasteiger partial charge in [0.15, 0.2) is 0 Å². The summed E-state index contributed by atoms with van der Waals surface area (Å²) in [6, 6.07) is 0.658. The van der Waals surface area contributed by atoms with Gasteiger partial charge in [0.2, 0.25) is 0 Å². The van der Waals surface area contributed by atoms with E-state index in [0.29, 0.717) is 31.0 Å². The van der Waals surface area contributed by atoms with E-state index >= 15 is 0 Å². The molecule has 2 saturated carbocycles. The van der Waals surface area contributed by atoms with Crippen LogP contribution in [0.25, 0.3) is 0 Å². The minimum atomic E-state index is -4.11. The van der Waals surface area contributed by atoms with Crippen LogP contribution in [0.15, 0.2) is 0 Å². The van der Waals surface area contributed by atoms with Crippen molar-refractivity contribution in [1.29, 1.82) is 0 Å². The Balaban J connectivity index is 1.23. The number of halogens is 3. The number of amides is 1. The molecule has 5 nitrogen and oxygen atoms in total. The lowest BCUT2D eigenvalue weighted by atomic mass is 9.64. The summed E-state index contributed by atoms with van der Waals surface area (Å²) in [6.07, 6.45) is -1.06. The zero-order valence-corrected chi connectivity index (χ0v) is 16.2. The van der Waals surface area contributed by atoms with Gasteiger partial charge < -0.3 is 9.64 Å². The second-order valence-corrected chi connectivity index (χ2v) is 8.88. The predicted octanol–water partition coefficient (Wildman–Crippen LogP) is 2.81. The molecule has 0 radical (unpaired) electrons. The number of carbonyl (C=O) groups is 1. The second-order valence-electron chi connectivity index (χ2n) is 8.88. The quantitative estimate of drug-likeness (QED) is 0.725. The van der Waals surface area contributed by atoms with Crippen LogP contribution in [-0.4, -0.2) is 84.9 Å².